The van der Waals surface area contributed by atoms with Crippen molar-refractivity contribution in [3.8, 4) is 5.75 Å². The fraction of sp³-hybridized carbons (Fsp3) is 0.308. The minimum absolute atomic E-state index is 0.260. The molecule has 0 bridgehead atoms. The number of pyridine rings is 1. The van der Waals surface area contributed by atoms with Gasteiger partial charge < -0.3 is 10.1 Å². The Morgan fingerprint density at radius 2 is 2.29 bits per heavy atom. The van der Waals surface area contributed by atoms with E-state index in [2.05, 4.69) is 10.3 Å². The second-order valence-corrected chi connectivity index (χ2v) is 4.64. The van der Waals surface area contributed by atoms with Gasteiger partial charge in [-0.1, -0.05) is 11.6 Å². The lowest BCUT2D eigenvalue weighted by molar-refractivity contribution is 0.226. The monoisotopic (exact) mass is 248 g/mol. The molecule has 0 amide bonds. The molecular weight excluding hydrogens is 236 g/mol. The number of fused-ring (bicyclic) bond motifs is 1. The lowest BCUT2D eigenvalue weighted by atomic mass is 10.2. The Balaban J connectivity index is 1.97. The first kappa shape index (κ1) is 10.8. The molecule has 1 aliphatic heterocycles. The smallest absolute Gasteiger partial charge is 0.130 e. The lowest BCUT2D eigenvalue weighted by Gasteiger charge is -2.14. The summed E-state index contributed by atoms with van der Waals surface area (Å²) in [6.45, 7) is 1.94. The lowest BCUT2D eigenvalue weighted by Crippen LogP contribution is -2.19. The highest BCUT2D eigenvalue weighted by atomic mass is 35.5. The van der Waals surface area contributed by atoms with Crippen molar-refractivity contribution < 1.29 is 4.74 Å². The molecule has 0 radical (unpaired) electrons. The molecule has 1 aliphatic rings. The number of hydrogen-bond donors (Lipinski definition) is 1. The number of rotatable bonds is 2. The standard InChI is InChI=1S/C13H13ClN2O/c14-9-1-2-11-12(7-9)16-6-4-13(11)17-10-3-5-15-8-10/h1-2,4,6-7,10,15H,3,5,8H2. The van der Waals surface area contributed by atoms with E-state index in [1.807, 2.05) is 24.3 Å². The van der Waals surface area contributed by atoms with E-state index in [0.717, 1.165) is 36.2 Å². The Morgan fingerprint density at radius 1 is 1.35 bits per heavy atom. The van der Waals surface area contributed by atoms with Crippen LogP contribution in [-0.4, -0.2) is 24.2 Å². The van der Waals surface area contributed by atoms with Crippen molar-refractivity contribution in [3.63, 3.8) is 0 Å². The van der Waals surface area contributed by atoms with Crippen molar-refractivity contribution >= 4 is 22.5 Å². The second-order valence-electron chi connectivity index (χ2n) is 4.20. The summed E-state index contributed by atoms with van der Waals surface area (Å²) in [4.78, 5) is 4.30. The summed E-state index contributed by atoms with van der Waals surface area (Å²) in [6.07, 6.45) is 3.07. The number of hydrogen-bond acceptors (Lipinski definition) is 3. The van der Waals surface area contributed by atoms with Crippen molar-refractivity contribution in [3.05, 3.63) is 35.5 Å². The van der Waals surface area contributed by atoms with Crippen LogP contribution in [0.1, 0.15) is 6.42 Å². The van der Waals surface area contributed by atoms with E-state index >= 15 is 0 Å². The van der Waals surface area contributed by atoms with Gasteiger partial charge in [0.25, 0.3) is 0 Å². The van der Waals surface area contributed by atoms with Gasteiger partial charge in [-0.25, -0.2) is 0 Å². The SMILES string of the molecule is Clc1ccc2c(OC3CCNC3)ccnc2c1. The fourth-order valence-corrected chi connectivity index (χ4v) is 2.27. The third kappa shape index (κ3) is 2.21. The molecule has 3 rings (SSSR count). The third-order valence-corrected chi connectivity index (χ3v) is 3.21. The second kappa shape index (κ2) is 4.51. The van der Waals surface area contributed by atoms with E-state index in [9.17, 15) is 0 Å². The number of nitrogens with one attached hydrogen (secondary N) is 1. The zero-order valence-electron chi connectivity index (χ0n) is 9.32. The van der Waals surface area contributed by atoms with Gasteiger partial charge in [0.05, 0.1) is 5.52 Å². The first-order chi connectivity index (χ1) is 8.33. The molecule has 1 N–H and O–H groups in total. The van der Waals surface area contributed by atoms with Crippen LogP contribution in [0.15, 0.2) is 30.5 Å². The van der Waals surface area contributed by atoms with Gasteiger partial charge >= 0.3 is 0 Å². The van der Waals surface area contributed by atoms with Crippen LogP contribution in [0.5, 0.6) is 5.75 Å². The Labute approximate surface area is 105 Å². The summed E-state index contributed by atoms with van der Waals surface area (Å²) in [5, 5.41) is 5.00. The number of halogens is 1. The van der Waals surface area contributed by atoms with Crippen LogP contribution in [0.4, 0.5) is 0 Å². The van der Waals surface area contributed by atoms with Crippen LogP contribution >= 0.6 is 11.6 Å². The molecule has 1 aromatic heterocycles. The van der Waals surface area contributed by atoms with Crippen molar-refractivity contribution in [1.29, 1.82) is 0 Å². The van der Waals surface area contributed by atoms with Gasteiger partial charge in [0.2, 0.25) is 0 Å². The van der Waals surface area contributed by atoms with Gasteiger partial charge in [-0.05, 0) is 37.2 Å². The van der Waals surface area contributed by atoms with E-state index in [-0.39, 0.29) is 6.10 Å². The summed E-state index contributed by atoms with van der Waals surface area (Å²) < 4.78 is 5.98. The van der Waals surface area contributed by atoms with Crippen LogP contribution < -0.4 is 10.1 Å². The molecule has 0 aliphatic carbocycles. The van der Waals surface area contributed by atoms with Gasteiger partial charge in [0, 0.05) is 23.2 Å². The number of benzene rings is 1. The summed E-state index contributed by atoms with van der Waals surface area (Å²) in [6, 6.07) is 7.60. The average Bonchev–Trinajstić information content (AvgIpc) is 2.82. The molecule has 4 heteroatoms. The summed E-state index contributed by atoms with van der Waals surface area (Å²) >= 11 is 5.95. The number of ether oxygens (including phenoxy) is 1. The molecular formula is C13H13ClN2O. The predicted octanol–water partition coefficient (Wildman–Crippen LogP) is 2.63. The Hall–Kier alpha value is -1.32. The van der Waals surface area contributed by atoms with Gasteiger partial charge in [-0.3, -0.25) is 4.98 Å². The Bertz CT molecular complexity index is 538. The van der Waals surface area contributed by atoms with E-state index in [0.29, 0.717) is 5.02 Å². The zero-order chi connectivity index (χ0) is 11.7. The maximum Gasteiger partial charge on any atom is 0.130 e. The highest BCUT2D eigenvalue weighted by Gasteiger charge is 2.17. The molecule has 2 heterocycles. The third-order valence-electron chi connectivity index (χ3n) is 2.97. The molecule has 1 saturated heterocycles. The van der Waals surface area contributed by atoms with Gasteiger partial charge in [-0.2, -0.15) is 0 Å². The number of aromatic nitrogens is 1. The molecule has 1 unspecified atom stereocenters. The Kier molecular flexibility index (Phi) is 2.87. The van der Waals surface area contributed by atoms with Crippen molar-refractivity contribution in [2.24, 2.45) is 0 Å². The van der Waals surface area contributed by atoms with Crippen LogP contribution in [0.3, 0.4) is 0 Å². The highest BCUT2D eigenvalue weighted by molar-refractivity contribution is 6.31. The topological polar surface area (TPSA) is 34.1 Å². The van der Waals surface area contributed by atoms with E-state index in [1.54, 1.807) is 6.20 Å². The summed E-state index contributed by atoms with van der Waals surface area (Å²) in [7, 11) is 0. The van der Waals surface area contributed by atoms with Crippen LogP contribution in [0.25, 0.3) is 10.9 Å². The molecule has 3 nitrogen and oxygen atoms in total. The Morgan fingerprint density at radius 3 is 3.12 bits per heavy atom. The van der Waals surface area contributed by atoms with Gasteiger partial charge in [-0.15, -0.1) is 0 Å². The normalized spacial score (nSPS) is 19.7. The fourth-order valence-electron chi connectivity index (χ4n) is 2.11. The van der Waals surface area contributed by atoms with Crippen molar-refractivity contribution in [1.82, 2.24) is 10.3 Å². The quantitative estimate of drug-likeness (QED) is 0.887. The van der Waals surface area contributed by atoms with E-state index in [4.69, 9.17) is 16.3 Å². The average molecular weight is 249 g/mol. The maximum absolute atomic E-state index is 5.98. The zero-order valence-corrected chi connectivity index (χ0v) is 10.1. The van der Waals surface area contributed by atoms with Gasteiger partial charge in [0.1, 0.15) is 11.9 Å². The minimum atomic E-state index is 0.260. The molecule has 2 aromatic rings. The van der Waals surface area contributed by atoms with Crippen molar-refractivity contribution in [2.45, 2.75) is 12.5 Å². The largest absolute Gasteiger partial charge is 0.488 e. The molecule has 1 aromatic carbocycles. The predicted molar refractivity (Wildman–Crippen MR) is 68.7 cm³/mol. The molecule has 0 saturated carbocycles. The van der Waals surface area contributed by atoms with Gasteiger partial charge in [0.15, 0.2) is 0 Å². The van der Waals surface area contributed by atoms with E-state index in [1.165, 1.54) is 0 Å². The van der Waals surface area contributed by atoms with Crippen LogP contribution in [-0.2, 0) is 0 Å². The molecule has 0 spiro atoms. The molecule has 1 fully saturated rings. The van der Waals surface area contributed by atoms with E-state index < -0.39 is 0 Å². The highest BCUT2D eigenvalue weighted by Crippen LogP contribution is 2.27. The molecule has 88 valence electrons. The summed E-state index contributed by atoms with van der Waals surface area (Å²) in [5.74, 6) is 0.889. The maximum atomic E-state index is 5.98. The van der Waals surface area contributed by atoms with Crippen LogP contribution in [0.2, 0.25) is 5.02 Å². The first-order valence-electron chi connectivity index (χ1n) is 5.74. The van der Waals surface area contributed by atoms with Crippen LogP contribution in [0, 0.1) is 0 Å². The molecule has 17 heavy (non-hydrogen) atoms. The minimum Gasteiger partial charge on any atom is -0.488 e. The number of nitrogens with zero attached hydrogens (tertiary/aromatic N) is 1. The van der Waals surface area contributed by atoms with Crippen molar-refractivity contribution in [2.75, 3.05) is 13.1 Å². The molecule has 1 atom stereocenters. The summed E-state index contributed by atoms with van der Waals surface area (Å²) in [5.41, 5.74) is 0.876. The first-order valence-corrected chi connectivity index (χ1v) is 6.12.